The highest BCUT2D eigenvalue weighted by Gasteiger charge is 2.14. The average Bonchev–Trinajstić information content (AvgIpc) is 3.09. The van der Waals surface area contributed by atoms with Crippen LogP contribution in [0.1, 0.15) is 18.9 Å². The lowest BCUT2D eigenvalue weighted by Crippen LogP contribution is -2.18. The van der Waals surface area contributed by atoms with Gasteiger partial charge in [-0.1, -0.05) is 60.1 Å². The Bertz CT molecular complexity index is 1090. The van der Waals surface area contributed by atoms with Crippen molar-refractivity contribution in [2.24, 2.45) is 0 Å². The Balaban J connectivity index is 1.63. The third-order valence-electron chi connectivity index (χ3n) is 4.68. The number of anilines is 1. The zero-order chi connectivity index (χ0) is 19.5. The van der Waals surface area contributed by atoms with Crippen LogP contribution in [0.25, 0.3) is 16.9 Å². The largest absolute Gasteiger partial charge is 0.367 e. The summed E-state index contributed by atoms with van der Waals surface area (Å²) in [5.41, 5.74) is 3.82. The van der Waals surface area contributed by atoms with Crippen LogP contribution < -0.4 is 5.32 Å². The zero-order valence-corrected chi connectivity index (χ0v) is 17.8. The monoisotopic (exact) mass is 454 g/mol. The second kappa shape index (κ2) is 8.33. The molecule has 0 aliphatic rings. The first-order chi connectivity index (χ1) is 13.6. The molecule has 0 bridgehead atoms. The summed E-state index contributed by atoms with van der Waals surface area (Å²) in [5, 5.41) is 8.73. The van der Waals surface area contributed by atoms with Gasteiger partial charge in [0.2, 0.25) is 0 Å². The molecule has 0 saturated heterocycles. The van der Waals surface area contributed by atoms with E-state index in [0.717, 1.165) is 40.0 Å². The van der Waals surface area contributed by atoms with Crippen molar-refractivity contribution in [3.63, 3.8) is 0 Å². The van der Waals surface area contributed by atoms with E-state index in [1.807, 2.05) is 40.9 Å². The summed E-state index contributed by atoms with van der Waals surface area (Å²) in [6.07, 6.45) is 3.79. The van der Waals surface area contributed by atoms with Crippen LogP contribution in [0.5, 0.6) is 0 Å². The first kappa shape index (κ1) is 19.0. The summed E-state index contributed by atoms with van der Waals surface area (Å²) in [5.74, 6) is 0.895. The Morgan fingerprint density at radius 3 is 2.64 bits per heavy atom. The van der Waals surface area contributed by atoms with E-state index >= 15 is 0 Å². The molecule has 2 heterocycles. The van der Waals surface area contributed by atoms with Crippen LogP contribution >= 0.6 is 27.5 Å². The van der Waals surface area contributed by atoms with Crippen LogP contribution in [-0.2, 0) is 6.42 Å². The lowest BCUT2D eigenvalue weighted by molar-refractivity contribution is 0.697. The minimum atomic E-state index is 0.271. The first-order valence-electron chi connectivity index (χ1n) is 9.21. The summed E-state index contributed by atoms with van der Waals surface area (Å²) in [4.78, 5) is 4.76. The zero-order valence-electron chi connectivity index (χ0n) is 15.4. The maximum absolute atomic E-state index is 6.40. The van der Waals surface area contributed by atoms with Gasteiger partial charge >= 0.3 is 0 Å². The maximum Gasteiger partial charge on any atom is 0.172 e. The fourth-order valence-electron chi connectivity index (χ4n) is 3.20. The Labute approximate surface area is 177 Å². The lowest BCUT2D eigenvalue weighted by atomic mass is 10.1. The molecule has 4 nitrogen and oxygen atoms in total. The SMILES string of the molecule is CC(CCc1ccccc1)Nc1cc(-c2ccccc2Cl)nc2c(Br)cnn12. The predicted octanol–water partition coefficient (Wildman–Crippen LogP) is 6.25. The van der Waals surface area contributed by atoms with Gasteiger partial charge in [0.15, 0.2) is 5.65 Å². The molecule has 4 rings (SSSR count). The van der Waals surface area contributed by atoms with Crippen molar-refractivity contribution in [2.75, 3.05) is 5.32 Å². The molecule has 6 heteroatoms. The fourth-order valence-corrected chi connectivity index (χ4v) is 3.78. The standard InChI is InChI=1S/C22H20BrClN4/c1-15(11-12-16-7-3-2-4-8-16)26-21-13-20(17-9-5-6-10-19(17)24)27-22-18(23)14-25-28(21)22/h2-10,13-15,26H,11-12H2,1H3. The van der Waals surface area contributed by atoms with Crippen LogP contribution in [0, 0.1) is 0 Å². The van der Waals surface area contributed by atoms with Crippen LogP contribution in [0.4, 0.5) is 5.82 Å². The molecule has 0 saturated carbocycles. The fraction of sp³-hybridized carbons (Fsp3) is 0.182. The van der Waals surface area contributed by atoms with E-state index in [9.17, 15) is 0 Å². The highest BCUT2D eigenvalue weighted by atomic mass is 79.9. The quantitative estimate of drug-likeness (QED) is 0.374. The van der Waals surface area contributed by atoms with Gasteiger partial charge in [-0.25, -0.2) is 4.98 Å². The van der Waals surface area contributed by atoms with Crippen molar-refractivity contribution < 1.29 is 0 Å². The number of halogens is 2. The van der Waals surface area contributed by atoms with E-state index in [1.165, 1.54) is 5.56 Å². The number of fused-ring (bicyclic) bond motifs is 1. The summed E-state index contributed by atoms with van der Waals surface area (Å²) in [6, 6.07) is 20.6. The Hall–Kier alpha value is -2.37. The first-order valence-corrected chi connectivity index (χ1v) is 10.4. The molecule has 0 fully saturated rings. The van der Waals surface area contributed by atoms with Crippen molar-refractivity contribution in [3.8, 4) is 11.3 Å². The second-order valence-corrected chi connectivity index (χ2v) is 8.07. The number of nitrogens with zero attached hydrogens (tertiary/aromatic N) is 3. The van der Waals surface area contributed by atoms with Gasteiger partial charge in [-0.2, -0.15) is 9.61 Å². The van der Waals surface area contributed by atoms with Gasteiger partial charge in [0.05, 0.1) is 16.4 Å². The van der Waals surface area contributed by atoms with Crippen LogP contribution in [0.2, 0.25) is 5.02 Å². The van der Waals surface area contributed by atoms with E-state index in [0.29, 0.717) is 5.02 Å². The molecular formula is C22H20BrClN4. The van der Waals surface area contributed by atoms with Crippen LogP contribution in [0.15, 0.2) is 71.3 Å². The molecule has 142 valence electrons. The highest BCUT2D eigenvalue weighted by Crippen LogP contribution is 2.30. The van der Waals surface area contributed by atoms with Gasteiger partial charge in [0.25, 0.3) is 0 Å². The number of aryl methyl sites for hydroxylation is 1. The van der Waals surface area contributed by atoms with E-state index in [1.54, 1.807) is 6.20 Å². The number of benzene rings is 2. The molecule has 0 aliphatic heterocycles. The van der Waals surface area contributed by atoms with Gasteiger partial charge < -0.3 is 5.32 Å². The van der Waals surface area contributed by atoms with Crippen molar-refractivity contribution in [1.82, 2.24) is 14.6 Å². The topological polar surface area (TPSA) is 42.2 Å². The Morgan fingerprint density at radius 1 is 1.11 bits per heavy atom. The van der Waals surface area contributed by atoms with Gasteiger partial charge in [-0.3, -0.25) is 0 Å². The van der Waals surface area contributed by atoms with Crippen molar-refractivity contribution in [3.05, 3.63) is 81.9 Å². The number of nitrogens with one attached hydrogen (secondary N) is 1. The number of hydrogen-bond donors (Lipinski definition) is 1. The van der Waals surface area contributed by atoms with Crippen LogP contribution in [0.3, 0.4) is 0 Å². The molecule has 0 radical (unpaired) electrons. The van der Waals surface area contributed by atoms with Crippen molar-refractivity contribution >= 4 is 39.0 Å². The smallest absolute Gasteiger partial charge is 0.172 e. The number of rotatable bonds is 6. The molecule has 0 amide bonds. The predicted molar refractivity (Wildman–Crippen MR) is 119 cm³/mol. The molecular weight excluding hydrogens is 436 g/mol. The Kier molecular flexibility index (Phi) is 5.64. The van der Waals surface area contributed by atoms with Crippen molar-refractivity contribution in [2.45, 2.75) is 25.8 Å². The van der Waals surface area contributed by atoms with Crippen LogP contribution in [-0.4, -0.2) is 20.6 Å². The van der Waals surface area contributed by atoms with E-state index in [-0.39, 0.29) is 6.04 Å². The number of aromatic nitrogens is 3. The Morgan fingerprint density at radius 2 is 1.86 bits per heavy atom. The molecule has 2 aromatic heterocycles. The summed E-state index contributed by atoms with van der Waals surface area (Å²) in [6.45, 7) is 2.18. The van der Waals surface area contributed by atoms with Gasteiger partial charge in [0, 0.05) is 22.7 Å². The minimum absolute atomic E-state index is 0.271. The van der Waals surface area contributed by atoms with Gasteiger partial charge in [-0.05, 0) is 47.3 Å². The van der Waals surface area contributed by atoms with E-state index < -0.39 is 0 Å². The molecule has 2 aromatic carbocycles. The normalized spacial score (nSPS) is 12.2. The van der Waals surface area contributed by atoms with E-state index in [2.05, 4.69) is 57.5 Å². The third kappa shape index (κ3) is 4.05. The second-order valence-electron chi connectivity index (χ2n) is 6.80. The van der Waals surface area contributed by atoms with Gasteiger partial charge in [-0.15, -0.1) is 0 Å². The average molecular weight is 456 g/mol. The summed E-state index contributed by atoms with van der Waals surface area (Å²) in [7, 11) is 0. The molecule has 0 aliphatic carbocycles. The molecule has 1 N–H and O–H groups in total. The molecule has 1 unspecified atom stereocenters. The van der Waals surface area contributed by atoms with Crippen molar-refractivity contribution in [1.29, 1.82) is 0 Å². The molecule has 1 atom stereocenters. The highest BCUT2D eigenvalue weighted by molar-refractivity contribution is 9.10. The number of hydrogen-bond acceptors (Lipinski definition) is 3. The van der Waals surface area contributed by atoms with Gasteiger partial charge in [0.1, 0.15) is 5.82 Å². The molecule has 0 spiro atoms. The summed E-state index contributed by atoms with van der Waals surface area (Å²) >= 11 is 9.95. The van der Waals surface area contributed by atoms with E-state index in [4.69, 9.17) is 16.6 Å². The lowest BCUT2D eigenvalue weighted by Gasteiger charge is -2.17. The third-order valence-corrected chi connectivity index (χ3v) is 5.57. The summed E-state index contributed by atoms with van der Waals surface area (Å²) < 4.78 is 2.67. The molecule has 28 heavy (non-hydrogen) atoms. The molecule has 4 aromatic rings. The minimum Gasteiger partial charge on any atom is -0.367 e. The maximum atomic E-state index is 6.40.